The van der Waals surface area contributed by atoms with E-state index in [4.69, 9.17) is 4.74 Å². The van der Waals surface area contributed by atoms with E-state index < -0.39 is 11.4 Å². The van der Waals surface area contributed by atoms with Gasteiger partial charge in [-0.15, -0.1) is 0 Å². The Morgan fingerprint density at radius 1 is 1.44 bits per heavy atom. The zero-order valence-electron chi connectivity index (χ0n) is 15.0. The summed E-state index contributed by atoms with van der Waals surface area (Å²) in [5.74, 6) is 0.0389. The Morgan fingerprint density at radius 2 is 2.20 bits per heavy atom. The average Bonchev–Trinajstić information content (AvgIpc) is 3.13. The van der Waals surface area contributed by atoms with Crippen molar-refractivity contribution in [1.82, 2.24) is 10.2 Å². The molecule has 3 atom stereocenters. The summed E-state index contributed by atoms with van der Waals surface area (Å²) in [7, 11) is 1.61. The van der Waals surface area contributed by atoms with Crippen LogP contribution in [0.5, 0.6) is 5.75 Å². The molecule has 0 radical (unpaired) electrons. The van der Waals surface area contributed by atoms with Crippen LogP contribution in [0.3, 0.4) is 0 Å². The van der Waals surface area contributed by atoms with Crippen LogP contribution < -0.4 is 10.1 Å². The van der Waals surface area contributed by atoms with Gasteiger partial charge < -0.3 is 20.1 Å². The van der Waals surface area contributed by atoms with E-state index in [1.165, 1.54) is 0 Å². The summed E-state index contributed by atoms with van der Waals surface area (Å²) in [5.41, 5.74) is 1.27. The zero-order valence-corrected chi connectivity index (χ0v) is 15.0. The highest BCUT2D eigenvalue weighted by molar-refractivity contribution is 5.80. The highest BCUT2D eigenvalue weighted by atomic mass is 16.5. The predicted octanol–water partition coefficient (Wildman–Crippen LogP) is 2.96. The number of methoxy groups -OCH3 is 1. The molecule has 0 unspecified atom stereocenters. The number of likely N-dealkylation sites (tertiary alicyclic amines) is 1. The third-order valence-electron chi connectivity index (χ3n) is 5.78. The number of carboxylic acid groups (broad SMARTS) is 1. The molecule has 1 aromatic rings. The van der Waals surface area contributed by atoms with Crippen molar-refractivity contribution in [2.75, 3.05) is 20.2 Å². The Morgan fingerprint density at radius 3 is 2.84 bits per heavy atom. The number of urea groups is 1. The fraction of sp³-hybridized carbons (Fsp3) is 0.579. The van der Waals surface area contributed by atoms with Gasteiger partial charge in [-0.25, -0.2) is 4.79 Å². The van der Waals surface area contributed by atoms with Gasteiger partial charge in [0.05, 0.1) is 18.6 Å². The van der Waals surface area contributed by atoms with Crippen LogP contribution in [-0.4, -0.2) is 42.2 Å². The van der Waals surface area contributed by atoms with E-state index in [1.54, 1.807) is 12.0 Å². The van der Waals surface area contributed by atoms with Crippen LogP contribution in [-0.2, 0) is 4.79 Å². The SMILES string of the molecule is COc1ccc(C)cc1[C@H](C)NC(=O)N1C[C@@H]2CCC[C@@]2(C(=O)O)C1. The Balaban J connectivity index is 1.71. The molecule has 1 aromatic carbocycles. The van der Waals surface area contributed by atoms with Gasteiger partial charge in [-0.3, -0.25) is 4.79 Å². The number of aliphatic carboxylic acids is 1. The van der Waals surface area contributed by atoms with Gasteiger partial charge in [0.2, 0.25) is 0 Å². The normalized spacial score (nSPS) is 26.2. The molecule has 2 amide bonds. The largest absolute Gasteiger partial charge is 0.496 e. The fourth-order valence-corrected chi connectivity index (χ4v) is 4.34. The number of carboxylic acids is 1. The number of hydrogen-bond donors (Lipinski definition) is 2. The molecule has 1 saturated heterocycles. The van der Waals surface area contributed by atoms with Crippen LogP contribution in [0.1, 0.15) is 43.4 Å². The first-order valence-corrected chi connectivity index (χ1v) is 8.81. The van der Waals surface area contributed by atoms with E-state index in [0.29, 0.717) is 19.5 Å². The van der Waals surface area contributed by atoms with Crippen LogP contribution in [0.4, 0.5) is 4.79 Å². The van der Waals surface area contributed by atoms with Gasteiger partial charge in [-0.1, -0.05) is 24.1 Å². The summed E-state index contributed by atoms with van der Waals surface area (Å²) in [4.78, 5) is 26.1. The van der Waals surface area contributed by atoms with E-state index in [-0.39, 0.29) is 18.0 Å². The maximum atomic E-state index is 12.7. The van der Waals surface area contributed by atoms with E-state index >= 15 is 0 Å². The number of benzene rings is 1. The summed E-state index contributed by atoms with van der Waals surface area (Å²) in [6, 6.07) is 5.44. The summed E-state index contributed by atoms with van der Waals surface area (Å²) in [6.45, 7) is 4.74. The van der Waals surface area contributed by atoms with Gasteiger partial charge >= 0.3 is 12.0 Å². The van der Waals surface area contributed by atoms with E-state index in [9.17, 15) is 14.7 Å². The lowest BCUT2D eigenvalue weighted by atomic mass is 9.81. The van der Waals surface area contributed by atoms with Crippen molar-refractivity contribution in [2.45, 2.75) is 39.2 Å². The van der Waals surface area contributed by atoms with Crippen molar-refractivity contribution >= 4 is 12.0 Å². The molecule has 6 heteroatoms. The predicted molar refractivity (Wildman–Crippen MR) is 93.7 cm³/mol. The van der Waals surface area contributed by atoms with Crippen molar-refractivity contribution in [2.24, 2.45) is 11.3 Å². The van der Waals surface area contributed by atoms with Crippen LogP contribution >= 0.6 is 0 Å². The van der Waals surface area contributed by atoms with Crippen molar-refractivity contribution < 1.29 is 19.4 Å². The number of carbonyl (C=O) groups excluding carboxylic acids is 1. The number of fused-ring (bicyclic) bond motifs is 1. The highest BCUT2D eigenvalue weighted by Crippen LogP contribution is 2.48. The number of aryl methyl sites for hydroxylation is 1. The molecular formula is C19H26N2O4. The molecule has 0 aromatic heterocycles. The van der Waals surface area contributed by atoms with Crippen molar-refractivity contribution in [3.63, 3.8) is 0 Å². The molecule has 25 heavy (non-hydrogen) atoms. The number of hydrogen-bond acceptors (Lipinski definition) is 3. The maximum absolute atomic E-state index is 12.7. The number of amides is 2. The van der Waals surface area contributed by atoms with Gasteiger partial charge in [0, 0.05) is 18.7 Å². The van der Waals surface area contributed by atoms with Crippen molar-refractivity contribution in [1.29, 1.82) is 0 Å². The molecule has 1 aliphatic carbocycles. The first-order valence-electron chi connectivity index (χ1n) is 8.81. The van der Waals surface area contributed by atoms with Crippen LogP contribution in [0, 0.1) is 18.3 Å². The first-order chi connectivity index (χ1) is 11.9. The Hall–Kier alpha value is -2.24. The standard InChI is InChI=1S/C19H26N2O4/c1-12-6-7-16(25-3)15(9-12)13(2)20-18(24)21-10-14-5-4-8-19(14,11-21)17(22)23/h6-7,9,13-14H,4-5,8,10-11H2,1-3H3,(H,20,24)(H,22,23)/t13-,14-,19+/m0/s1. The van der Waals surface area contributed by atoms with E-state index in [1.807, 2.05) is 32.0 Å². The number of carbonyl (C=O) groups is 2. The van der Waals surface area contributed by atoms with Crippen LogP contribution in [0.15, 0.2) is 18.2 Å². The molecule has 2 N–H and O–H groups in total. The quantitative estimate of drug-likeness (QED) is 0.878. The molecular weight excluding hydrogens is 320 g/mol. The lowest BCUT2D eigenvalue weighted by Gasteiger charge is -2.25. The third kappa shape index (κ3) is 3.05. The second kappa shape index (κ2) is 6.58. The molecule has 0 bridgehead atoms. The molecule has 2 fully saturated rings. The Labute approximate surface area is 148 Å². The van der Waals surface area contributed by atoms with Crippen molar-refractivity contribution in [3.8, 4) is 5.75 Å². The minimum Gasteiger partial charge on any atom is -0.496 e. The maximum Gasteiger partial charge on any atom is 0.317 e. The van der Waals surface area contributed by atoms with Crippen LogP contribution in [0.2, 0.25) is 0 Å². The zero-order chi connectivity index (χ0) is 18.2. The topological polar surface area (TPSA) is 78.9 Å². The second-order valence-corrected chi connectivity index (χ2v) is 7.35. The lowest BCUT2D eigenvalue weighted by molar-refractivity contribution is -0.149. The third-order valence-corrected chi connectivity index (χ3v) is 5.78. The van der Waals surface area contributed by atoms with Gasteiger partial charge in [-0.05, 0) is 38.7 Å². The minimum atomic E-state index is -0.765. The minimum absolute atomic E-state index is 0.0690. The fourth-order valence-electron chi connectivity index (χ4n) is 4.34. The van der Waals surface area contributed by atoms with Gasteiger partial charge in [0.15, 0.2) is 0 Å². The number of nitrogens with zero attached hydrogens (tertiary/aromatic N) is 1. The smallest absolute Gasteiger partial charge is 0.317 e. The lowest BCUT2D eigenvalue weighted by Crippen LogP contribution is -2.42. The first kappa shape index (κ1) is 17.6. The van der Waals surface area contributed by atoms with Crippen LogP contribution in [0.25, 0.3) is 0 Å². The second-order valence-electron chi connectivity index (χ2n) is 7.35. The molecule has 3 rings (SSSR count). The molecule has 136 valence electrons. The number of nitrogens with one attached hydrogen (secondary N) is 1. The van der Waals surface area contributed by atoms with Gasteiger partial charge in [-0.2, -0.15) is 0 Å². The molecule has 1 heterocycles. The number of rotatable bonds is 4. The van der Waals surface area contributed by atoms with Gasteiger partial charge in [0.1, 0.15) is 5.75 Å². The molecule has 0 spiro atoms. The molecule has 1 saturated carbocycles. The highest BCUT2D eigenvalue weighted by Gasteiger charge is 2.55. The summed E-state index contributed by atoms with van der Waals surface area (Å²) in [6.07, 6.45) is 2.48. The summed E-state index contributed by atoms with van der Waals surface area (Å²) in [5, 5.41) is 12.7. The van der Waals surface area contributed by atoms with Crippen molar-refractivity contribution in [3.05, 3.63) is 29.3 Å². The average molecular weight is 346 g/mol. The summed E-state index contributed by atoms with van der Waals surface area (Å²) >= 11 is 0. The molecule has 1 aliphatic heterocycles. The Kier molecular flexibility index (Phi) is 4.62. The van der Waals surface area contributed by atoms with Gasteiger partial charge in [0.25, 0.3) is 0 Å². The molecule has 6 nitrogen and oxygen atoms in total. The monoisotopic (exact) mass is 346 g/mol. The van der Waals surface area contributed by atoms with E-state index in [2.05, 4.69) is 5.32 Å². The van der Waals surface area contributed by atoms with E-state index in [0.717, 1.165) is 29.7 Å². The summed E-state index contributed by atoms with van der Waals surface area (Å²) < 4.78 is 5.39. The molecule has 2 aliphatic rings. The number of ether oxygens (including phenoxy) is 1. The Bertz CT molecular complexity index is 690.